The Hall–Kier alpha value is -1.58. The van der Waals surface area contributed by atoms with Gasteiger partial charge in [0, 0.05) is 30.2 Å². The second-order valence-electron chi connectivity index (χ2n) is 5.92. The molecule has 1 aliphatic heterocycles. The number of ether oxygens (including phenoxy) is 1. The number of phenols is 1. The van der Waals surface area contributed by atoms with Crippen molar-refractivity contribution in [3.63, 3.8) is 0 Å². The van der Waals surface area contributed by atoms with E-state index in [1.54, 1.807) is 0 Å². The molecule has 2 unspecified atom stereocenters. The molecule has 3 heteroatoms. The van der Waals surface area contributed by atoms with Crippen LogP contribution in [-0.2, 0) is 4.74 Å². The van der Waals surface area contributed by atoms with Crippen molar-refractivity contribution in [3.8, 4) is 5.75 Å². The first-order valence-corrected chi connectivity index (χ1v) is 7.77. The van der Waals surface area contributed by atoms with Gasteiger partial charge in [-0.25, -0.2) is 0 Å². The number of aromatic hydroxyl groups is 1. The highest BCUT2D eigenvalue weighted by atomic mass is 16.5. The number of nitrogens with one attached hydrogen (secondary N) is 1. The summed E-state index contributed by atoms with van der Waals surface area (Å²) in [5.41, 5.74) is 0.969. The summed E-state index contributed by atoms with van der Waals surface area (Å²) in [5, 5.41) is 16.0. The minimum atomic E-state index is 0.150. The molecule has 2 aromatic carbocycles. The molecule has 112 valence electrons. The highest BCUT2D eigenvalue weighted by molar-refractivity contribution is 5.89. The van der Waals surface area contributed by atoms with Crippen molar-refractivity contribution in [2.45, 2.75) is 25.8 Å². The third-order valence-corrected chi connectivity index (χ3v) is 4.43. The molecule has 2 N–H and O–H groups in total. The van der Waals surface area contributed by atoms with Gasteiger partial charge in [-0.3, -0.25) is 0 Å². The lowest BCUT2D eigenvalue weighted by molar-refractivity contribution is 0.184. The van der Waals surface area contributed by atoms with Crippen molar-refractivity contribution in [3.05, 3.63) is 42.0 Å². The maximum Gasteiger partial charge on any atom is 0.128 e. The van der Waals surface area contributed by atoms with E-state index in [2.05, 4.69) is 18.3 Å². The van der Waals surface area contributed by atoms with Crippen LogP contribution in [-0.4, -0.2) is 24.9 Å². The smallest absolute Gasteiger partial charge is 0.128 e. The summed E-state index contributed by atoms with van der Waals surface area (Å²) < 4.78 is 5.40. The average molecular weight is 285 g/mol. The summed E-state index contributed by atoms with van der Waals surface area (Å²) in [7, 11) is 0. The predicted octanol–water partition coefficient (Wildman–Crippen LogP) is 3.62. The van der Waals surface area contributed by atoms with Crippen molar-refractivity contribution < 1.29 is 9.84 Å². The number of phenolic OH excluding ortho intramolecular Hbond substituents is 1. The third kappa shape index (κ3) is 3.20. The van der Waals surface area contributed by atoms with Crippen LogP contribution in [0.5, 0.6) is 5.75 Å². The molecule has 3 rings (SSSR count). The molecule has 1 fully saturated rings. The quantitative estimate of drug-likeness (QED) is 0.881. The average Bonchev–Trinajstić information content (AvgIpc) is 3.01. The molecule has 1 aliphatic rings. The topological polar surface area (TPSA) is 41.5 Å². The van der Waals surface area contributed by atoms with Crippen LogP contribution in [0.15, 0.2) is 36.4 Å². The maximum atomic E-state index is 10.5. The third-order valence-electron chi connectivity index (χ3n) is 4.43. The monoisotopic (exact) mass is 285 g/mol. The van der Waals surface area contributed by atoms with E-state index in [-0.39, 0.29) is 6.04 Å². The van der Waals surface area contributed by atoms with Crippen LogP contribution in [0.4, 0.5) is 0 Å². The summed E-state index contributed by atoms with van der Waals surface area (Å²) in [4.78, 5) is 0. The minimum Gasteiger partial charge on any atom is -0.507 e. The SMILES string of the molecule is CC(NCCC1CCOC1)c1ccc2ccccc2c1O. The molecule has 0 spiro atoms. The molecule has 0 aliphatic carbocycles. The molecule has 2 atom stereocenters. The van der Waals surface area contributed by atoms with Crippen molar-refractivity contribution in [1.29, 1.82) is 0 Å². The fourth-order valence-corrected chi connectivity index (χ4v) is 3.05. The van der Waals surface area contributed by atoms with Crippen molar-refractivity contribution in [2.75, 3.05) is 19.8 Å². The van der Waals surface area contributed by atoms with Gasteiger partial charge >= 0.3 is 0 Å². The van der Waals surface area contributed by atoms with Gasteiger partial charge in [0.1, 0.15) is 5.75 Å². The zero-order valence-electron chi connectivity index (χ0n) is 12.5. The van der Waals surface area contributed by atoms with Gasteiger partial charge in [0.25, 0.3) is 0 Å². The zero-order chi connectivity index (χ0) is 14.7. The van der Waals surface area contributed by atoms with Crippen molar-refractivity contribution in [1.82, 2.24) is 5.32 Å². The molecular formula is C18H23NO2. The molecule has 1 heterocycles. The molecule has 3 nitrogen and oxygen atoms in total. The van der Waals surface area contributed by atoms with Gasteiger partial charge < -0.3 is 15.2 Å². The van der Waals surface area contributed by atoms with Crippen LogP contribution >= 0.6 is 0 Å². The lowest BCUT2D eigenvalue weighted by Crippen LogP contribution is -2.22. The molecule has 1 saturated heterocycles. The predicted molar refractivity (Wildman–Crippen MR) is 85.6 cm³/mol. The first kappa shape index (κ1) is 14.4. The van der Waals surface area contributed by atoms with E-state index in [9.17, 15) is 5.11 Å². The summed E-state index contributed by atoms with van der Waals surface area (Å²) in [5.74, 6) is 1.09. The van der Waals surface area contributed by atoms with E-state index in [1.165, 1.54) is 6.42 Å². The van der Waals surface area contributed by atoms with Gasteiger partial charge in [0.05, 0.1) is 0 Å². The van der Waals surface area contributed by atoms with Crippen molar-refractivity contribution >= 4 is 10.8 Å². The van der Waals surface area contributed by atoms with Gasteiger partial charge in [-0.05, 0) is 37.6 Å². The van der Waals surface area contributed by atoms with Gasteiger partial charge in [0.2, 0.25) is 0 Å². The Morgan fingerprint density at radius 3 is 2.95 bits per heavy atom. The first-order valence-electron chi connectivity index (χ1n) is 7.77. The van der Waals surface area contributed by atoms with Crippen LogP contribution in [0.2, 0.25) is 0 Å². The van der Waals surface area contributed by atoms with E-state index in [0.717, 1.165) is 42.5 Å². The fraction of sp³-hybridized carbons (Fsp3) is 0.444. The Balaban J connectivity index is 1.66. The fourth-order valence-electron chi connectivity index (χ4n) is 3.05. The van der Waals surface area contributed by atoms with Gasteiger partial charge in [-0.1, -0.05) is 36.4 Å². The van der Waals surface area contributed by atoms with E-state index in [1.807, 2.05) is 30.3 Å². The van der Waals surface area contributed by atoms with E-state index in [4.69, 9.17) is 4.74 Å². The second-order valence-corrected chi connectivity index (χ2v) is 5.92. The summed E-state index contributed by atoms with van der Waals surface area (Å²) >= 11 is 0. The van der Waals surface area contributed by atoms with E-state index < -0.39 is 0 Å². The van der Waals surface area contributed by atoms with E-state index in [0.29, 0.717) is 11.7 Å². The Morgan fingerprint density at radius 1 is 1.29 bits per heavy atom. The second kappa shape index (κ2) is 6.46. The molecule has 21 heavy (non-hydrogen) atoms. The van der Waals surface area contributed by atoms with Gasteiger partial charge in [-0.15, -0.1) is 0 Å². The molecule has 0 radical (unpaired) electrons. The van der Waals surface area contributed by atoms with Crippen LogP contribution < -0.4 is 5.32 Å². The Kier molecular flexibility index (Phi) is 4.42. The lowest BCUT2D eigenvalue weighted by atomic mass is 10.0. The Bertz CT molecular complexity index is 605. The highest BCUT2D eigenvalue weighted by Gasteiger charge is 2.16. The minimum absolute atomic E-state index is 0.150. The zero-order valence-corrected chi connectivity index (χ0v) is 12.5. The number of benzene rings is 2. The van der Waals surface area contributed by atoms with Crippen LogP contribution in [0.25, 0.3) is 10.8 Å². The molecule has 0 aromatic heterocycles. The Labute approximate surface area is 125 Å². The number of rotatable bonds is 5. The molecular weight excluding hydrogens is 262 g/mol. The van der Waals surface area contributed by atoms with Gasteiger partial charge in [-0.2, -0.15) is 0 Å². The number of hydrogen-bond donors (Lipinski definition) is 2. The number of hydrogen-bond acceptors (Lipinski definition) is 3. The summed E-state index contributed by atoms with van der Waals surface area (Å²) in [6.45, 7) is 4.87. The molecule has 2 aromatic rings. The van der Waals surface area contributed by atoms with Crippen LogP contribution in [0, 0.1) is 5.92 Å². The Morgan fingerprint density at radius 2 is 2.14 bits per heavy atom. The van der Waals surface area contributed by atoms with E-state index >= 15 is 0 Å². The molecule has 0 saturated carbocycles. The lowest BCUT2D eigenvalue weighted by Gasteiger charge is -2.18. The maximum absolute atomic E-state index is 10.5. The summed E-state index contributed by atoms with van der Waals surface area (Å²) in [6, 6.07) is 12.2. The first-order chi connectivity index (χ1) is 10.3. The van der Waals surface area contributed by atoms with Crippen LogP contribution in [0.3, 0.4) is 0 Å². The van der Waals surface area contributed by atoms with Crippen molar-refractivity contribution in [2.24, 2.45) is 5.92 Å². The standard InChI is InChI=1S/C18H23NO2/c1-13(19-10-8-14-9-11-21-12-14)16-7-6-15-4-2-3-5-17(15)18(16)20/h2-7,13-14,19-20H,8-12H2,1H3. The summed E-state index contributed by atoms with van der Waals surface area (Å²) in [6.07, 6.45) is 2.32. The normalized spacial score (nSPS) is 20.0. The molecule has 0 amide bonds. The highest BCUT2D eigenvalue weighted by Crippen LogP contribution is 2.32. The van der Waals surface area contributed by atoms with Gasteiger partial charge in [0.15, 0.2) is 0 Å². The van der Waals surface area contributed by atoms with Crippen LogP contribution in [0.1, 0.15) is 31.4 Å². The largest absolute Gasteiger partial charge is 0.507 e. The molecule has 0 bridgehead atoms. The number of fused-ring (bicyclic) bond motifs is 1.